The van der Waals surface area contributed by atoms with E-state index in [9.17, 15) is 4.39 Å². The van der Waals surface area contributed by atoms with Crippen molar-refractivity contribution < 1.29 is 4.39 Å². The number of rotatable bonds is 3. The molecule has 0 radical (unpaired) electrons. The zero-order chi connectivity index (χ0) is 15.2. The van der Waals surface area contributed by atoms with Gasteiger partial charge in [-0.1, -0.05) is 36.1 Å². The van der Waals surface area contributed by atoms with Crippen LogP contribution in [0.4, 0.5) is 10.1 Å². The molecule has 3 heteroatoms. The molecule has 2 aromatic carbocycles. The van der Waals surface area contributed by atoms with Gasteiger partial charge in [0.2, 0.25) is 0 Å². The van der Waals surface area contributed by atoms with E-state index < -0.39 is 0 Å². The van der Waals surface area contributed by atoms with Gasteiger partial charge in [0.1, 0.15) is 5.82 Å². The number of hydrogen-bond acceptors (Lipinski definition) is 2. The van der Waals surface area contributed by atoms with E-state index in [1.165, 1.54) is 11.6 Å². The summed E-state index contributed by atoms with van der Waals surface area (Å²) in [5, 5.41) is 0. The van der Waals surface area contributed by atoms with Crippen LogP contribution in [0.25, 0.3) is 0 Å². The Labute approximate surface area is 125 Å². The van der Waals surface area contributed by atoms with Gasteiger partial charge in [0.15, 0.2) is 0 Å². The maximum absolute atomic E-state index is 14.1. The highest BCUT2D eigenvalue weighted by Gasteiger charge is 2.08. The molecular formula is C18H19FN2. The zero-order valence-corrected chi connectivity index (χ0v) is 12.4. The molecule has 0 amide bonds. The van der Waals surface area contributed by atoms with Gasteiger partial charge in [-0.2, -0.15) is 0 Å². The third kappa shape index (κ3) is 3.84. The molecule has 0 spiro atoms. The summed E-state index contributed by atoms with van der Waals surface area (Å²) in [5.74, 6) is 5.33. The molecule has 2 rings (SSSR count). The normalized spacial score (nSPS) is 9.90. The van der Waals surface area contributed by atoms with Gasteiger partial charge in [-0.05, 0) is 30.7 Å². The van der Waals surface area contributed by atoms with Crippen LogP contribution in [0, 0.1) is 24.6 Å². The third-order valence-corrected chi connectivity index (χ3v) is 3.32. The van der Waals surface area contributed by atoms with Gasteiger partial charge in [0.05, 0.1) is 6.54 Å². The van der Waals surface area contributed by atoms with Crippen molar-refractivity contribution in [3.05, 3.63) is 65.0 Å². The highest BCUT2D eigenvalue weighted by Crippen LogP contribution is 2.21. The second-order valence-corrected chi connectivity index (χ2v) is 4.95. The minimum absolute atomic E-state index is 0.237. The quantitative estimate of drug-likeness (QED) is 0.877. The second-order valence-electron chi connectivity index (χ2n) is 4.95. The van der Waals surface area contributed by atoms with E-state index in [-0.39, 0.29) is 12.4 Å². The summed E-state index contributed by atoms with van der Waals surface area (Å²) in [6.45, 7) is 2.84. The van der Waals surface area contributed by atoms with Crippen molar-refractivity contribution in [3.63, 3.8) is 0 Å². The second kappa shape index (κ2) is 6.92. The Morgan fingerprint density at radius 2 is 1.95 bits per heavy atom. The van der Waals surface area contributed by atoms with Gasteiger partial charge in [-0.15, -0.1) is 0 Å². The predicted octanol–water partition coefficient (Wildman–Crippen LogP) is 3.08. The van der Waals surface area contributed by atoms with E-state index in [0.29, 0.717) is 17.7 Å². The van der Waals surface area contributed by atoms with Crippen molar-refractivity contribution >= 4 is 5.69 Å². The lowest BCUT2D eigenvalue weighted by Crippen LogP contribution is -2.18. The fourth-order valence-electron chi connectivity index (χ4n) is 2.24. The Balaban J connectivity index is 2.18. The number of aryl methyl sites for hydroxylation is 1. The summed E-state index contributed by atoms with van der Waals surface area (Å²) in [6, 6.07) is 13.1. The topological polar surface area (TPSA) is 29.3 Å². The van der Waals surface area contributed by atoms with Gasteiger partial charge in [-0.3, -0.25) is 0 Å². The molecule has 2 nitrogen and oxygen atoms in total. The predicted molar refractivity (Wildman–Crippen MR) is 85.6 cm³/mol. The van der Waals surface area contributed by atoms with Crippen LogP contribution in [0.1, 0.15) is 16.7 Å². The number of anilines is 1. The molecule has 0 bridgehead atoms. The number of para-hydroxylation sites is 1. The van der Waals surface area contributed by atoms with Crippen LogP contribution in [0.15, 0.2) is 42.5 Å². The van der Waals surface area contributed by atoms with Crippen LogP contribution >= 0.6 is 0 Å². The van der Waals surface area contributed by atoms with Crippen molar-refractivity contribution in [2.24, 2.45) is 5.73 Å². The fourth-order valence-corrected chi connectivity index (χ4v) is 2.24. The van der Waals surface area contributed by atoms with Crippen LogP contribution in [0.2, 0.25) is 0 Å². The first kappa shape index (κ1) is 15.1. The van der Waals surface area contributed by atoms with Crippen molar-refractivity contribution in [2.45, 2.75) is 13.5 Å². The lowest BCUT2D eigenvalue weighted by atomic mass is 10.1. The fraction of sp³-hybridized carbons (Fsp3) is 0.222. The molecule has 0 heterocycles. The van der Waals surface area contributed by atoms with E-state index in [0.717, 1.165) is 5.69 Å². The largest absolute Gasteiger partial charge is 0.370 e. The molecule has 0 aliphatic heterocycles. The summed E-state index contributed by atoms with van der Waals surface area (Å²) >= 11 is 0. The van der Waals surface area contributed by atoms with Crippen molar-refractivity contribution in [3.8, 4) is 11.8 Å². The smallest absolute Gasteiger partial charge is 0.129 e. The van der Waals surface area contributed by atoms with Crippen molar-refractivity contribution in [1.82, 2.24) is 0 Å². The molecule has 0 saturated carbocycles. The van der Waals surface area contributed by atoms with Gasteiger partial charge in [0, 0.05) is 30.4 Å². The molecule has 0 aliphatic rings. The molecule has 0 unspecified atom stereocenters. The van der Waals surface area contributed by atoms with E-state index in [4.69, 9.17) is 5.73 Å². The summed E-state index contributed by atoms with van der Waals surface area (Å²) in [5.41, 5.74) is 8.89. The maximum atomic E-state index is 14.1. The van der Waals surface area contributed by atoms with Crippen LogP contribution in [-0.2, 0) is 6.54 Å². The maximum Gasteiger partial charge on any atom is 0.129 e. The monoisotopic (exact) mass is 282 g/mol. The molecular weight excluding hydrogens is 263 g/mol. The average molecular weight is 282 g/mol. The first-order valence-corrected chi connectivity index (χ1v) is 6.86. The van der Waals surface area contributed by atoms with Gasteiger partial charge < -0.3 is 10.6 Å². The van der Waals surface area contributed by atoms with E-state index in [1.54, 1.807) is 6.07 Å². The molecule has 0 aliphatic carbocycles. The van der Waals surface area contributed by atoms with Crippen molar-refractivity contribution in [2.75, 3.05) is 18.5 Å². The Bertz CT molecular complexity index is 683. The molecule has 0 atom stereocenters. The SMILES string of the molecule is Cc1ccccc1N(C)Cc1ccc(C#CCN)cc1F. The molecule has 0 fully saturated rings. The van der Waals surface area contributed by atoms with Crippen LogP contribution in [-0.4, -0.2) is 13.6 Å². The molecule has 0 saturated heterocycles. The van der Waals surface area contributed by atoms with Gasteiger partial charge >= 0.3 is 0 Å². The highest BCUT2D eigenvalue weighted by atomic mass is 19.1. The van der Waals surface area contributed by atoms with Crippen molar-refractivity contribution in [1.29, 1.82) is 0 Å². The van der Waals surface area contributed by atoms with Gasteiger partial charge in [-0.25, -0.2) is 4.39 Å². The molecule has 2 aromatic rings. The number of benzene rings is 2. The summed E-state index contributed by atoms with van der Waals surface area (Å²) in [6.07, 6.45) is 0. The van der Waals surface area contributed by atoms with Gasteiger partial charge in [0.25, 0.3) is 0 Å². The molecule has 0 aromatic heterocycles. The number of halogens is 1. The third-order valence-electron chi connectivity index (χ3n) is 3.32. The minimum Gasteiger partial charge on any atom is -0.370 e. The standard InChI is InChI=1S/C18H19FN2/c1-14-6-3-4-8-18(14)21(2)13-16-10-9-15(7-5-11-20)12-17(16)19/h3-4,6,8-10,12H,11,13,20H2,1-2H3. The summed E-state index contributed by atoms with van der Waals surface area (Å²) < 4.78 is 14.1. The van der Waals surface area contributed by atoms with E-state index in [1.807, 2.05) is 49.2 Å². The van der Waals surface area contributed by atoms with E-state index >= 15 is 0 Å². The Morgan fingerprint density at radius 3 is 2.62 bits per heavy atom. The zero-order valence-electron chi connectivity index (χ0n) is 12.4. The Hall–Kier alpha value is -2.31. The lowest BCUT2D eigenvalue weighted by Gasteiger charge is -2.21. The summed E-state index contributed by atoms with van der Waals surface area (Å²) in [4.78, 5) is 2.04. The molecule has 108 valence electrons. The average Bonchev–Trinajstić information content (AvgIpc) is 2.48. The number of nitrogens with two attached hydrogens (primary N) is 1. The molecule has 21 heavy (non-hydrogen) atoms. The van der Waals surface area contributed by atoms with Crippen LogP contribution in [0.3, 0.4) is 0 Å². The Kier molecular flexibility index (Phi) is 4.97. The summed E-state index contributed by atoms with van der Waals surface area (Å²) in [7, 11) is 1.96. The van der Waals surface area contributed by atoms with Crippen LogP contribution < -0.4 is 10.6 Å². The van der Waals surface area contributed by atoms with Crippen LogP contribution in [0.5, 0.6) is 0 Å². The first-order valence-electron chi connectivity index (χ1n) is 6.86. The Morgan fingerprint density at radius 1 is 1.19 bits per heavy atom. The lowest BCUT2D eigenvalue weighted by molar-refractivity contribution is 0.607. The molecule has 2 N–H and O–H groups in total. The number of nitrogens with zero attached hydrogens (tertiary/aromatic N) is 1. The van der Waals surface area contributed by atoms with E-state index in [2.05, 4.69) is 11.8 Å². The highest BCUT2D eigenvalue weighted by molar-refractivity contribution is 5.52. The first-order chi connectivity index (χ1) is 10.1. The number of hydrogen-bond donors (Lipinski definition) is 1. The minimum atomic E-state index is -0.237.